The van der Waals surface area contributed by atoms with Crippen molar-refractivity contribution >= 4 is 23.2 Å². The van der Waals surface area contributed by atoms with Gasteiger partial charge in [0, 0.05) is 17.2 Å². The molecule has 0 aliphatic rings. The van der Waals surface area contributed by atoms with Crippen molar-refractivity contribution < 1.29 is 19.2 Å². The van der Waals surface area contributed by atoms with Crippen LogP contribution in [0.2, 0.25) is 0 Å². The molecule has 0 amide bonds. The lowest BCUT2D eigenvalue weighted by molar-refractivity contribution is -0.384. The lowest BCUT2D eigenvalue weighted by Gasteiger charge is -2.18. The molecule has 0 spiro atoms. The number of non-ortho nitro benzene ring substituents is 1. The van der Waals surface area contributed by atoms with Gasteiger partial charge in [-0.2, -0.15) is 0 Å². The fourth-order valence-electron chi connectivity index (χ4n) is 3.63. The fourth-order valence-corrected chi connectivity index (χ4v) is 3.63. The van der Waals surface area contributed by atoms with Crippen molar-refractivity contribution in [3.63, 3.8) is 0 Å². The molecule has 0 unspecified atom stereocenters. The summed E-state index contributed by atoms with van der Waals surface area (Å²) in [6, 6.07) is 22.9. The molecule has 3 aromatic carbocycles. The molecule has 0 saturated carbocycles. The minimum atomic E-state index is -0.582. The summed E-state index contributed by atoms with van der Waals surface area (Å²) >= 11 is 0. The molecule has 1 N–H and O–H groups in total. The number of nitro benzene ring substituents is 1. The van der Waals surface area contributed by atoms with Crippen LogP contribution in [0.5, 0.6) is 5.75 Å². The van der Waals surface area contributed by atoms with Crippen molar-refractivity contribution in [1.82, 2.24) is 10.2 Å². The number of carbonyl (C=O) groups excluding carboxylic acids is 1. The van der Waals surface area contributed by atoms with Crippen LogP contribution in [-0.4, -0.2) is 34.8 Å². The average Bonchev–Trinajstić information content (AvgIpc) is 2.89. The van der Waals surface area contributed by atoms with Crippen LogP contribution in [0.25, 0.3) is 22.4 Å². The van der Waals surface area contributed by atoms with Crippen LogP contribution >= 0.6 is 0 Å². The summed E-state index contributed by atoms with van der Waals surface area (Å²) < 4.78 is 10.7. The Kier molecular flexibility index (Phi) is 6.96. The molecule has 0 saturated heterocycles. The summed E-state index contributed by atoms with van der Waals surface area (Å²) in [4.78, 5) is 23.9. The second kappa shape index (κ2) is 10.4. The molecule has 9 heteroatoms. The molecule has 0 aliphatic carbocycles. The quantitative estimate of drug-likeness (QED) is 0.200. The molecule has 0 radical (unpaired) electrons. The van der Waals surface area contributed by atoms with Crippen LogP contribution < -0.4 is 10.1 Å². The van der Waals surface area contributed by atoms with E-state index in [0.29, 0.717) is 16.9 Å². The zero-order chi connectivity index (χ0) is 24.8. The molecule has 0 atom stereocenters. The average molecular weight is 470 g/mol. The van der Waals surface area contributed by atoms with Crippen molar-refractivity contribution in [2.24, 2.45) is 0 Å². The van der Waals surface area contributed by atoms with Gasteiger partial charge in [0.25, 0.3) is 5.69 Å². The Balaban J connectivity index is 1.95. The molecule has 1 aromatic heterocycles. The van der Waals surface area contributed by atoms with Gasteiger partial charge in [-0.3, -0.25) is 10.1 Å². The van der Waals surface area contributed by atoms with Crippen LogP contribution in [-0.2, 0) is 4.74 Å². The first kappa shape index (κ1) is 23.4. The first-order valence-corrected chi connectivity index (χ1v) is 10.8. The third kappa shape index (κ3) is 4.93. The highest BCUT2D eigenvalue weighted by Gasteiger charge is 2.26. The number of benzene rings is 3. The monoisotopic (exact) mass is 470 g/mol. The molecule has 35 heavy (non-hydrogen) atoms. The molecule has 0 bridgehead atoms. The number of nitro groups is 1. The van der Waals surface area contributed by atoms with Gasteiger partial charge in [-0.1, -0.05) is 60.7 Å². The highest BCUT2D eigenvalue weighted by atomic mass is 16.6. The lowest BCUT2D eigenvalue weighted by Crippen LogP contribution is -2.14. The molecular weight excluding hydrogens is 448 g/mol. The van der Waals surface area contributed by atoms with E-state index in [1.807, 2.05) is 60.7 Å². The van der Waals surface area contributed by atoms with Gasteiger partial charge in [0.1, 0.15) is 17.0 Å². The van der Waals surface area contributed by atoms with Gasteiger partial charge in [-0.05, 0) is 18.6 Å². The summed E-state index contributed by atoms with van der Waals surface area (Å²) in [5.74, 6) is -0.236. The topological polar surface area (TPSA) is 116 Å². The van der Waals surface area contributed by atoms with E-state index in [-0.39, 0.29) is 29.4 Å². The van der Waals surface area contributed by atoms with Gasteiger partial charge in [0.15, 0.2) is 5.82 Å². The molecule has 0 fully saturated rings. The Morgan fingerprint density at radius 3 is 2.23 bits per heavy atom. The van der Waals surface area contributed by atoms with Crippen molar-refractivity contribution in [1.29, 1.82) is 0 Å². The summed E-state index contributed by atoms with van der Waals surface area (Å²) in [6.07, 6.45) is 0. The largest absolute Gasteiger partial charge is 0.494 e. The van der Waals surface area contributed by atoms with Crippen molar-refractivity contribution in [3.05, 3.63) is 94.5 Å². The smallest absolute Gasteiger partial charge is 0.342 e. The maximum atomic E-state index is 13.3. The van der Waals surface area contributed by atoms with E-state index in [2.05, 4.69) is 15.5 Å². The molecule has 0 aliphatic heterocycles. The van der Waals surface area contributed by atoms with Gasteiger partial charge in [0.2, 0.25) is 0 Å². The number of hydrogen-bond donors (Lipinski definition) is 1. The first-order chi connectivity index (χ1) is 17.0. The van der Waals surface area contributed by atoms with Gasteiger partial charge in [0.05, 0.1) is 30.4 Å². The number of rotatable bonds is 8. The van der Waals surface area contributed by atoms with Crippen LogP contribution in [0, 0.1) is 10.1 Å². The molecule has 176 valence electrons. The number of methoxy groups -OCH3 is 1. The Morgan fingerprint density at radius 2 is 1.63 bits per heavy atom. The van der Waals surface area contributed by atoms with Gasteiger partial charge >= 0.3 is 5.97 Å². The molecule has 4 rings (SSSR count). The van der Waals surface area contributed by atoms with Crippen LogP contribution in [0.1, 0.15) is 17.3 Å². The maximum Gasteiger partial charge on any atom is 0.342 e. The molecule has 1 heterocycles. The fraction of sp³-hybridized carbons (Fsp3) is 0.115. The highest BCUT2D eigenvalue weighted by Crippen LogP contribution is 2.38. The Bertz CT molecular complexity index is 1360. The molecular formula is C26H22N4O5. The van der Waals surface area contributed by atoms with Crippen molar-refractivity contribution in [3.8, 4) is 28.1 Å². The maximum absolute atomic E-state index is 13.3. The summed E-state index contributed by atoms with van der Waals surface area (Å²) in [5, 5.41) is 23.0. The van der Waals surface area contributed by atoms with Gasteiger partial charge in [-0.15, -0.1) is 10.2 Å². The lowest BCUT2D eigenvalue weighted by atomic mass is 9.95. The van der Waals surface area contributed by atoms with Crippen LogP contribution in [0.15, 0.2) is 78.9 Å². The predicted molar refractivity (Wildman–Crippen MR) is 132 cm³/mol. The van der Waals surface area contributed by atoms with E-state index in [9.17, 15) is 14.9 Å². The Morgan fingerprint density at radius 1 is 0.971 bits per heavy atom. The van der Waals surface area contributed by atoms with Gasteiger partial charge in [-0.25, -0.2) is 4.79 Å². The minimum absolute atomic E-state index is 0.131. The number of nitrogens with one attached hydrogen (secondary N) is 1. The second-order valence-electron chi connectivity index (χ2n) is 7.37. The number of esters is 1. The number of ether oxygens (including phenoxy) is 2. The summed E-state index contributed by atoms with van der Waals surface area (Å²) in [7, 11) is 1.40. The zero-order valence-corrected chi connectivity index (χ0v) is 19.1. The molecule has 4 aromatic rings. The Labute approximate surface area is 201 Å². The van der Waals surface area contributed by atoms with E-state index < -0.39 is 10.9 Å². The predicted octanol–water partition coefficient (Wildman–Crippen LogP) is 5.65. The molecule has 9 nitrogen and oxygen atoms in total. The zero-order valence-electron chi connectivity index (χ0n) is 19.1. The second-order valence-corrected chi connectivity index (χ2v) is 7.37. The van der Waals surface area contributed by atoms with Crippen LogP contribution in [0.4, 0.5) is 17.2 Å². The third-order valence-corrected chi connectivity index (χ3v) is 5.21. The SMILES string of the molecule is CCOC(=O)c1c(Nc2ccc([N+](=O)[O-])cc2OC)nnc(-c2ccccc2)c1-c1ccccc1. The number of anilines is 2. The van der Waals surface area contributed by atoms with E-state index in [4.69, 9.17) is 9.47 Å². The summed E-state index contributed by atoms with van der Waals surface area (Å²) in [5.41, 5.74) is 3.03. The number of hydrogen-bond acceptors (Lipinski definition) is 8. The van der Waals surface area contributed by atoms with Crippen LogP contribution in [0.3, 0.4) is 0 Å². The Hall–Kier alpha value is -4.79. The first-order valence-electron chi connectivity index (χ1n) is 10.8. The van der Waals surface area contributed by atoms with E-state index in [0.717, 1.165) is 11.1 Å². The number of nitrogens with zero attached hydrogens (tertiary/aromatic N) is 3. The van der Waals surface area contributed by atoms with E-state index >= 15 is 0 Å². The number of aromatic nitrogens is 2. The highest BCUT2D eigenvalue weighted by molar-refractivity contribution is 6.05. The summed E-state index contributed by atoms with van der Waals surface area (Å²) in [6.45, 7) is 1.88. The van der Waals surface area contributed by atoms with Gasteiger partial charge < -0.3 is 14.8 Å². The standard InChI is InChI=1S/C26H22N4O5/c1-3-35-26(31)23-22(17-10-6-4-7-11-17)24(18-12-8-5-9-13-18)28-29-25(23)27-20-15-14-19(30(32)33)16-21(20)34-2/h4-16H,3H2,1-2H3,(H,27,29). The third-order valence-electron chi connectivity index (χ3n) is 5.21. The van der Waals surface area contributed by atoms with Crippen molar-refractivity contribution in [2.45, 2.75) is 6.92 Å². The number of carbonyl (C=O) groups is 1. The normalized spacial score (nSPS) is 10.5. The minimum Gasteiger partial charge on any atom is -0.494 e. The van der Waals surface area contributed by atoms with E-state index in [1.165, 1.54) is 25.3 Å². The van der Waals surface area contributed by atoms with E-state index in [1.54, 1.807) is 6.92 Å². The van der Waals surface area contributed by atoms with Crippen molar-refractivity contribution in [2.75, 3.05) is 19.0 Å².